The number of aromatic nitrogens is 3. The van der Waals surface area contributed by atoms with Crippen molar-refractivity contribution in [3.63, 3.8) is 0 Å². The van der Waals surface area contributed by atoms with Gasteiger partial charge in [-0.25, -0.2) is 0 Å². The molecular weight excluding hydrogens is 771 g/mol. The van der Waals surface area contributed by atoms with Crippen LogP contribution in [-0.4, -0.2) is 37.9 Å². The summed E-state index contributed by atoms with van der Waals surface area (Å²) in [5.41, 5.74) is 5.92. The maximum Gasteiger partial charge on any atom is 0 e. The van der Waals surface area contributed by atoms with E-state index >= 15 is 0 Å². The predicted octanol–water partition coefficient (Wildman–Crippen LogP) is 9.01. The SMILES string of the molecule is CCC(CC)C(=O)/C=C(\O)C(CC)CC.Cc1[c-]n2c3nccc4c[c]([Ge]([CH3])([CH3])[CH3])cc(c43)n3c4ccccc4c1c23.[Ir]. The van der Waals surface area contributed by atoms with Gasteiger partial charge in [-0.05, 0) is 25.7 Å². The Kier molecular flexibility index (Phi) is 10.2. The van der Waals surface area contributed by atoms with Crippen LogP contribution >= 0.6 is 0 Å². The number of carbonyl (C=O) groups is 1. The summed E-state index contributed by atoms with van der Waals surface area (Å²) in [5.74, 6) is 7.93. The van der Waals surface area contributed by atoms with Crippen molar-refractivity contribution in [1.29, 1.82) is 0 Å². The molecule has 0 spiro atoms. The molecule has 6 rings (SSSR count). The molecular formula is C36H44GeIrN3O2-. The summed E-state index contributed by atoms with van der Waals surface area (Å²) in [6, 6.07) is 15.7. The summed E-state index contributed by atoms with van der Waals surface area (Å²) in [6.45, 7) is 10.2. The molecule has 43 heavy (non-hydrogen) atoms. The van der Waals surface area contributed by atoms with Crippen LogP contribution in [0.15, 0.2) is 60.5 Å². The van der Waals surface area contributed by atoms with Crippen molar-refractivity contribution in [3.05, 3.63) is 72.3 Å². The average molecular weight is 816 g/mol. The topological polar surface area (TPSA) is 59.0 Å². The van der Waals surface area contributed by atoms with Crippen molar-refractivity contribution < 1.29 is 30.0 Å². The number of hydrogen-bond donors (Lipinski definition) is 1. The van der Waals surface area contributed by atoms with Gasteiger partial charge < -0.3 is 5.11 Å². The van der Waals surface area contributed by atoms with Crippen LogP contribution in [0, 0.1) is 25.0 Å². The fourth-order valence-electron chi connectivity index (χ4n) is 6.32. The van der Waals surface area contributed by atoms with Gasteiger partial charge in [-0.15, -0.1) is 0 Å². The Morgan fingerprint density at radius 2 is 1.60 bits per heavy atom. The molecule has 0 bridgehead atoms. The molecule has 2 aromatic carbocycles. The van der Waals surface area contributed by atoms with Crippen molar-refractivity contribution in [2.75, 3.05) is 0 Å². The molecule has 4 heterocycles. The van der Waals surface area contributed by atoms with E-state index in [1.165, 1.54) is 54.3 Å². The normalized spacial score (nSPS) is 12.7. The number of aliphatic hydroxyl groups excluding tert-OH is 1. The molecule has 6 aromatic rings. The van der Waals surface area contributed by atoms with Gasteiger partial charge in [0.2, 0.25) is 0 Å². The Labute approximate surface area is 271 Å². The monoisotopic (exact) mass is 817 g/mol. The second-order valence-electron chi connectivity index (χ2n) is 12.6. The predicted molar refractivity (Wildman–Crippen MR) is 180 cm³/mol. The number of rotatable bonds is 8. The van der Waals surface area contributed by atoms with Gasteiger partial charge in [-0.3, -0.25) is 4.79 Å². The van der Waals surface area contributed by atoms with E-state index in [1.54, 1.807) is 0 Å². The Hall–Kier alpha value is -2.67. The summed E-state index contributed by atoms with van der Waals surface area (Å²) in [5, 5.41) is 14.9. The zero-order valence-corrected chi connectivity index (χ0v) is 31.2. The van der Waals surface area contributed by atoms with Gasteiger partial charge in [0.25, 0.3) is 0 Å². The number of benzene rings is 2. The Bertz CT molecular complexity index is 1920. The molecule has 0 aliphatic rings. The molecule has 7 heteroatoms. The van der Waals surface area contributed by atoms with Gasteiger partial charge in [-0.1, -0.05) is 27.7 Å². The van der Waals surface area contributed by atoms with Crippen molar-refractivity contribution >= 4 is 67.3 Å². The molecule has 0 fully saturated rings. The van der Waals surface area contributed by atoms with Crippen LogP contribution in [-0.2, 0) is 24.9 Å². The number of ketones is 1. The van der Waals surface area contributed by atoms with Crippen molar-refractivity contribution in [3.8, 4) is 0 Å². The summed E-state index contributed by atoms with van der Waals surface area (Å²) in [6.07, 6.45) is 10.4. The largest absolute Gasteiger partial charge is 0 e. The van der Waals surface area contributed by atoms with E-state index in [9.17, 15) is 9.90 Å². The molecule has 0 unspecified atom stereocenters. The standard InChI is InChI=1S/C23H20GeN3.C13H24O2.Ir/c1-14-13-26-22-21-15(9-10-25-22)11-16(24(2,3)4)12-19(21)27-18-8-6-5-7-17(18)20(14)23(26)27;1-5-10(6-2)12(14)9-13(15)11(7-3)8-4;/h5-12H,1-4H3;9-11,14H,5-8H2,1-4H3;/q-1;;/b;12-9-;. The van der Waals surface area contributed by atoms with Gasteiger partial charge in [0.1, 0.15) is 0 Å². The number of hydrogen-bond acceptors (Lipinski definition) is 3. The molecule has 0 amide bonds. The first-order chi connectivity index (χ1) is 20.0. The molecule has 4 aromatic heterocycles. The molecule has 0 atom stereocenters. The molecule has 0 saturated heterocycles. The van der Waals surface area contributed by atoms with Gasteiger partial charge in [-0.2, -0.15) is 0 Å². The second kappa shape index (κ2) is 13.1. The van der Waals surface area contributed by atoms with E-state index in [-0.39, 0.29) is 43.5 Å². The summed E-state index contributed by atoms with van der Waals surface area (Å²) >= 11 is -1.99. The number of pyridine rings is 1. The molecule has 0 aliphatic heterocycles. The molecule has 1 N–H and O–H groups in total. The van der Waals surface area contributed by atoms with Crippen LogP contribution in [0.2, 0.25) is 17.3 Å². The third kappa shape index (κ3) is 5.91. The third-order valence-corrected chi connectivity index (χ3v) is 13.2. The molecule has 5 nitrogen and oxygen atoms in total. The van der Waals surface area contributed by atoms with Crippen LogP contribution < -0.4 is 4.40 Å². The van der Waals surface area contributed by atoms with Crippen molar-refractivity contribution in [2.24, 2.45) is 11.8 Å². The molecule has 0 saturated carbocycles. The molecule has 1 radical (unpaired) electrons. The molecule has 0 aliphatic carbocycles. The van der Waals surface area contributed by atoms with E-state index < -0.39 is 13.3 Å². The number of nitrogens with zero attached hydrogens (tertiary/aromatic N) is 3. The average Bonchev–Trinajstić information content (AvgIpc) is 3.49. The van der Waals surface area contributed by atoms with Gasteiger partial charge >= 0.3 is 160 Å². The summed E-state index contributed by atoms with van der Waals surface area (Å²) < 4.78 is 6.13. The number of para-hydroxylation sites is 1. The minimum absolute atomic E-state index is 0. The van der Waals surface area contributed by atoms with Crippen LogP contribution in [0.1, 0.15) is 58.9 Å². The number of carbonyl (C=O) groups excluding carboxylic acids is 1. The Morgan fingerprint density at radius 3 is 2.23 bits per heavy atom. The van der Waals surface area contributed by atoms with E-state index in [2.05, 4.69) is 81.7 Å². The second-order valence-corrected chi connectivity index (χ2v) is 23.3. The first kappa shape index (κ1) is 33.2. The smallest absolute Gasteiger partial charge is 0 e. The maximum absolute atomic E-state index is 11.7. The maximum atomic E-state index is 11.7. The first-order valence-corrected chi connectivity index (χ1v) is 22.8. The zero-order chi connectivity index (χ0) is 30.3. The van der Waals surface area contributed by atoms with Crippen molar-refractivity contribution in [2.45, 2.75) is 77.6 Å². The number of allylic oxidation sites excluding steroid dienone is 2. The Balaban J connectivity index is 0.000000230. The Morgan fingerprint density at radius 1 is 0.953 bits per heavy atom. The van der Waals surface area contributed by atoms with Gasteiger partial charge in [0.05, 0.1) is 5.76 Å². The number of aliphatic hydroxyl groups is 1. The van der Waals surface area contributed by atoms with Crippen LogP contribution in [0.5, 0.6) is 0 Å². The summed E-state index contributed by atoms with van der Waals surface area (Å²) in [7, 11) is 0. The summed E-state index contributed by atoms with van der Waals surface area (Å²) in [4.78, 5) is 16.5. The fraction of sp³-hybridized carbons (Fsp3) is 0.389. The number of aryl methyl sites for hydroxylation is 1. The van der Waals surface area contributed by atoms with Gasteiger partial charge in [0, 0.05) is 38.0 Å². The first-order valence-electron chi connectivity index (χ1n) is 15.5. The van der Waals surface area contributed by atoms with Crippen LogP contribution in [0.25, 0.3) is 43.9 Å². The number of fused-ring (bicyclic) bond motifs is 5. The van der Waals surface area contributed by atoms with E-state index in [0.29, 0.717) is 0 Å². The minimum Gasteiger partial charge on any atom is 0 e. The van der Waals surface area contributed by atoms with Crippen LogP contribution in [0.4, 0.5) is 0 Å². The molecule has 229 valence electrons. The zero-order valence-electron chi connectivity index (χ0n) is 26.7. The van der Waals surface area contributed by atoms with E-state index in [1.807, 2.05) is 33.9 Å². The fourth-order valence-corrected chi connectivity index (χ4v) is 8.75. The van der Waals surface area contributed by atoms with Crippen LogP contribution in [0.3, 0.4) is 0 Å². The quantitative estimate of drug-likeness (QED) is 0.0723. The van der Waals surface area contributed by atoms with Gasteiger partial charge in [0.15, 0.2) is 5.78 Å². The van der Waals surface area contributed by atoms with Crippen molar-refractivity contribution in [1.82, 2.24) is 13.8 Å². The van der Waals surface area contributed by atoms with E-state index in [0.717, 1.165) is 31.3 Å². The van der Waals surface area contributed by atoms with E-state index in [4.69, 9.17) is 4.98 Å². The third-order valence-electron chi connectivity index (χ3n) is 8.94. The minimum atomic E-state index is -1.99.